The van der Waals surface area contributed by atoms with Crippen LogP contribution in [0.2, 0.25) is 0 Å². The highest BCUT2D eigenvalue weighted by molar-refractivity contribution is 5.89. The highest BCUT2D eigenvalue weighted by Crippen LogP contribution is 2.26. The summed E-state index contributed by atoms with van der Waals surface area (Å²) in [5.41, 5.74) is 11.2. The Kier molecular flexibility index (Phi) is 15.2. The third-order valence-corrected chi connectivity index (χ3v) is 10.7. The van der Waals surface area contributed by atoms with E-state index in [0.29, 0.717) is 31.5 Å². The van der Waals surface area contributed by atoms with E-state index in [-0.39, 0.29) is 5.91 Å². The first kappa shape index (κ1) is 46.9. The highest BCUT2D eigenvalue weighted by Gasteiger charge is 2.23. The molecule has 0 aliphatic rings. The Hall–Kier alpha value is -7.64. The number of rotatable bonds is 11. The number of carbonyl (C=O) groups is 2. The van der Waals surface area contributed by atoms with Crippen LogP contribution in [0.15, 0.2) is 103 Å². The van der Waals surface area contributed by atoms with E-state index in [1.54, 1.807) is 31.3 Å². The zero-order chi connectivity index (χ0) is 46.7. The second-order valence-corrected chi connectivity index (χ2v) is 16.4. The van der Waals surface area contributed by atoms with Gasteiger partial charge in [0.15, 0.2) is 0 Å². The van der Waals surface area contributed by atoms with Crippen molar-refractivity contribution in [2.75, 3.05) is 14.2 Å². The molecule has 0 aliphatic heterocycles. The van der Waals surface area contributed by atoms with E-state index < -0.39 is 11.7 Å². The van der Waals surface area contributed by atoms with Crippen LogP contribution in [0.5, 0.6) is 11.5 Å². The number of nitrogens with zero attached hydrogens (tertiary/aromatic N) is 7. The molecular formula is C50H55N9O6. The van der Waals surface area contributed by atoms with Crippen molar-refractivity contribution in [3.63, 3.8) is 0 Å². The van der Waals surface area contributed by atoms with Gasteiger partial charge >= 0.3 is 6.09 Å². The molecule has 15 heteroatoms. The summed E-state index contributed by atoms with van der Waals surface area (Å²) in [6, 6.07) is 23.0. The van der Waals surface area contributed by atoms with Crippen molar-refractivity contribution in [1.29, 1.82) is 0 Å². The number of H-pyrrole nitrogens is 2. The molecule has 8 rings (SSSR count). The van der Waals surface area contributed by atoms with Crippen LogP contribution in [0.3, 0.4) is 0 Å². The normalized spacial score (nSPS) is 11.0. The lowest BCUT2D eigenvalue weighted by molar-refractivity contribution is 0.0543. The van der Waals surface area contributed by atoms with E-state index in [9.17, 15) is 14.4 Å². The van der Waals surface area contributed by atoms with E-state index in [4.69, 9.17) is 14.2 Å². The van der Waals surface area contributed by atoms with Gasteiger partial charge in [-0.15, -0.1) is 0 Å². The van der Waals surface area contributed by atoms with Crippen LogP contribution in [0, 0.1) is 27.7 Å². The average molecular weight is 878 g/mol. The van der Waals surface area contributed by atoms with Crippen LogP contribution in [0.1, 0.15) is 88.1 Å². The number of aromatic nitrogens is 8. The predicted octanol–water partition coefficient (Wildman–Crippen LogP) is 9.53. The van der Waals surface area contributed by atoms with Gasteiger partial charge in [0.25, 0.3) is 0 Å². The molecule has 0 atom stereocenters. The maximum absolute atomic E-state index is 12.8. The Morgan fingerprint density at radius 3 is 2.03 bits per heavy atom. The lowest BCUT2D eigenvalue weighted by Crippen LogP contribution is -2.26. The molecule has 0 aliphatic carbocycles. The van der Waals surface area contributed by atoms with E-state index in [1.165, 1.54) is 10.6 Å². The minimum Gasteiger partial charge on any atom is -0.497 e. The number of methoxy groups -OCH3 is 2. The van der Waals surface area contributed by atoms with Gasteiger partial charge in [-0.3, -0.25) is 9.89 Å². The summed E-state index contributed by atoms with van der Waals surface area (Å²) in [6.07, 6.45) is 10.8. The maximum Gasteiger partial charge on any atom is 0.420 e. The van der Waals surface area contributed by atoms with Gasteiger partial charge in [-0.25, -0.2) is 33.8 Å². The Morgan fingerprint density at radius 2 is 1.42 bits per heavy atom. The number of fused-ring (bicyclic) bond motifs is 2. The molecule has 6 aromatic heterocycles. The maximum atomic E-state index is 12.8. The second-order valence-electron chi connectivity index (χ2n) is 16.4. The van der Waals surface area contributed by atoms with Gasteiger partial charge in [-0.1, -0.05) is 24.3 Å². The number of aryl methyl sites for hydroxylation is 4. The molecule has 6 heterocycles. The molecule has 0 unspecified atom stereocenters. The summed E-state index contributed by atoms with van der Waals surface area (Å²) in [6.45, 7) is 13.8. The summed E-state index contributed by atoms with van der Waals surface area (Å²) in [5.74, 6) is 1.62. The van der Waals surface area contributed by atoms with Crippen molar-refractivity contribution < 1.29 is 28.6 Å². The van der Waals surface area contributed by atoms with Crippen molar-refractivity contribution in [3.05, 3.63) is 154 Å². The van der Waals surface area contributed by atoms with Crippen molar-refractivity contribution in [2.45, 2.75) is 86.3 Å². The zero-order valence-corrected chi connectivity index (χ0v) is 38.4. The van der Waals surface area contributed by atoms with Gasteiger partial charge < -0.3 is 19.2 Å². The first-order valence-electron chi connectivity index (χ1n) is 21.2. The largest absolute Gasteiger partial charge is 0.497 e. The van der Waals surface area contributed by atoms with Crippen LogP contribution in [0.4, 0.5) is 4.79 Å². The van der Waals surface area contributed by atoms with Gasteiger partial charge in [0.1, 0.15) is 28.4 Å². The van der Waals surface area contributed by atoms with E-state index in [0.717, 1.165) is 90.5 Å². The number of isocyanates is 1. The number of aromatic amines is 2. The van der Waals surface area contributed by atoms with Crippen molar-refractivity contribution in [3.8, 4) is 11.5 Å². The molecule has 0 saturated carbocycles. The predicted molar refractivity (Wildman–Crippen MR) is 250 cm³/mol. The van der Waals surface area contributed by atoms with Gasteiger partial charge in [-0.05, 0) is 126 Å². The Bertz CT molecular complexity index is 2910. The lowest BCUT2D eigenvalue weighted by Gasteiger charge is -2.19. The molecule has 65 heavy (non-hydrogen) atoms. The van der Waals surface area contributed by atoms with Crippen molar-refractivity contribution in [1.82, 2.24) is 39.5 Å². The molecule has 0 fully saturated rings. The third kappa shape index (κ3) is 11.9. The molecule has 336 valence electrons. The first-order valence-corrected chi connectivity index (χ1v) is 21.2. The number of pyridine rings is 2. The SMILES string of the molecule is COc1ccc(CCC(=O)n2nc(C)c(Cc3c[nH]c4ncccc34)c2C)cc1.COc1ccc(CN=C=O)cc1.Cc1n[nH]c(C)c1Cc1cn(C(=O)OC(C)(C)C)c2ncccc12. The summed E-state index contributed by atoms with van der Waals surface area (Å²) >= 11 is 0. The van der Waals surface area contributed by atoms with Gasteiger partial charge in [0.2, 0.25) is 12.0 Å². The quantitative estimate of drug-likeness (QED) is 0.0937. The standard InChI is InChI=1S/C23H24N4O2.C18H22N4O2.C9H9NO2/c1-15-21(13-18-14-25-23-20(18)5-4-12-24-23)16(2)27(26-15)22(28)11-8-17-6-9-19(29-3)10-7-17;1-11-15(12(2)21-20-11)9-13-10-22(17(23)24-18(3,4)5)16-14(13)7-6-8-19-16;1-12-9-4-2-8(3-5-9)6-10-7-11/h4-7,9-10,12,14H,8,11,13H2,1-3H3,(H,24,25);6-8,10H,9H2,1-5H3,(H,20,21);2-5H,6H2,1H3. The Labute approximate surface area is 377 Å². The zero-order valence-electron chi connectivity index (χ0n) is 38.4. The van der Waals surface area contributed by atoms with Crippen LogP contribution in [-0.4, -0.2) is 77.4 Å². The molecule has 15 nitrogen and oxygen atoms in total. The smallest absolute Gasteiger partial charge is 0.420 e. The molecule has 0 saturated heterocycles. The molecule has 0 radical (unpaired) electrons. The minimum absolute atomic E-state index is 0.00765. The van der Waals surface area contributed by atoms with Gasteiger partial charge in [0, 0.05) is 77.3 Å². The fourth-order valence-corrected chi connectivity index (χ4v) is 7.27. The van der Waals surface area contributed by atoms with Crippen LogP contribution in [-0.2, 0) is 35.3 Å². The number of hydrogen-bond acceptors (Lipinski definition) is 11. The lowest BCUT2D eigenvalue weighted by atomic mass is 10.0. The topological polar surface area (TPSA) is 184 Å². The van der Waals surface area contributed by atoms with E-state index in [2.05, 4.69) is 41.3 Å². The summed E-state index contributed by atoms with van der Waals surface area (Å²) < 4.78 is 18.7. The van der Waals surface area contributed by atoms with Crippen LogP contribution >= 0.6 is 0 Å². The second kappa shape index (κ2) is 21.2. The number of nitrogens with one attached hydrogen (secondary N) is 2. The number of benzene rings is 2. The Morgan fingerprint density at radius 1 is 0.785 bits per heavy atom. The summed E-state index contributed by atoms with van der Waals surface area (Å²) in [5, 5.41) is 13.8. The van der Waals surface area contributed by atoms with Gasteiger partial charge in [0.05, 0.1) is 32.2 Å². The number of hydrogen-bond donors (Lipinski definition) is 2. The molecule has 2 N–H and O–H groups in total. The fraction of sp³-hybridized carbons (Fsp3) is 0.300. The van der Waals surface area contributed by atoms with Crippen LogP contribution < -0.4 is 9.47 Å². The van der Waals surface area contributed by atoms with Gasteiger partial charge in [-0.2, -0.15) is 10.2 Å². The highest BCUT2D eigenvalue weighted by atomic mass is 16.6. The minimum atomic E-state index is -0.555. The summed E-state index contributed by atoms with van der Waals surface area (Å²) in [4.78, 5) is 50.5. The fourth-order valence-electron chi connectivity index (χ4n) is 7.27. The Balaban J connectivity index is 0.000000175. The molecule has 0 spiro atoms. The number of ether oxygens (including phenoxy) is 3. The van der Waals surface area contributed by atoms with Crippen molar-refractivity contribution in [2.24, 2.45) is 4.99 Å². The molecular weight excluding hydrogens is 823 g/mol. The number of aliphatic imine (C=N–C) groups is 1. The van der Waals surface area contributed by atoms with E-state index in [1.807, 2.05) is 128 Å². The number of carbonyl (C=O) groups excluding carboxylic acids is 3. The molecule has 0 bridgehead atoms. The molecule has 2 aromatic carbocycles. The summed E-state index contributed by atoms with van der Waals surface area (Å²) in [7, 11) is 3.25. The average Bonchev–Trinajstić information content (AvgIpc) is 4.06. The first-order chi connectivity index (χ1) is 31.2. The van der Waals surface area contributed by atoms with Crippen molar-refractivity contribution >= 4 is 40.1 Å². The molecule has 0 amide bonds. The third-order valence-electron chi connectivity index (χ3n) is 10.7. The molecule has 8 aromatic rings. The van der Waals surface area contributed by atoms with Crippen LogP contribution in [0.25, 0.3) is 22.1 Å². The van der Waals surface area contributed by atoms with E-state index >= 15 is 0 Å². The monoisotopic (exact) mass is 877 g/mol.